The van der Waals surface area contributed by atoms with Crippen LogP contribution in [-0.4, -0.2) is 38.1 Å². The number of hydrogen-bond donors (Lipinski definition) is 2. The van der Waals surface area contributed by atoms with Crippen LogP contribution in [0.25, 0.3) is 0 Å². The molecule has 6 heteroatoms. The number of ether oxygens (including phenoxy) is 4. The van der Waals surface area contributed by atoms with Gasteiger partial charge in [-0.05, 0) is 41.8 Å². The molecule has 6 nitrogen and oxygen atoms in total. The molecule has 172 valence electrons. The molecular formula is C25H36O6. The second-order valence-electron chi connectivity index (χ2n) is 8.26. The molecule has 2 N–H and O–H groups in total. The molecule has 0 heterocycles. The quantitative estimate of drug-likeness (QED) is 0.470. The zero-order chi connectivity index (χ0) is 23.0. The van der Waals surface area contributed by atoms with E-state index in [1.165, 1.54) is 0 Å². The fourth-order valence-corrected chi connectivity index (χ4v) is 3.64. The number of methoxy groups -OCH3 is 3. The minimum absolute atomic E-state index is 0.197. The van der Waals surface area contributed by atoms with Gasteiger partial charge in [0.1, 0.15) is 11.5 Å². The van der Waals surface area contributed by atoms with Crippen LogP contribution in [0.2, 0.25) is 0 Å². The standard InChI is InChI=1S/C25H36O6/c1-7-8-31-16-20-12-22(11-19(15-30-6)24(20)27)25(2,3)21-9-17(13-28-4)23(26)18(10-21)14-29-5/h9-12,26-27H,7-8,13-16H2,1-6H3. The molecule has 0 aliphatic heterocycles. The van der Waals surface area contributed by atoms with Gasteiger partial charge in [-0.15, -0.1) is 0 Å². The maximum absolute atomic E-state index is 10.7. The number of rotatable bonds is 12. The van der Waals surface area contributed by atoms with Gasteiger partial charge in [0, 0.05) is 55.6 Å². The highest BCUT2D eigenvalue weighted by atomic mass is 16.5. The van der Waals surface area contributed by atoms with Crippen molar-refractivity contribution in [3.8, 4) is 11.5 Å². The number of hydrogen-bond acceptors (Lipinski definition) is 6. The normalized spacial score (nSPS) is 11.8. The van der Waals surface area contributed by atoms with Crippen molar-refractivity contribution in [3.05, 3.63) is 57.6 Å². The summed E-state index contributed by atoms with van der Waals surface area (Å²) in [4.78, 5) is 0. The first-order valence-corrected chi connectivity index (χ1v) is 10.5. The van der Waals surface area contributed by atoms with Gasteiger partial charge in [-0.3, -0.25) is 0 Å². The Hall–Kier alpha value is -2.12. The molecule has 0 bridgehead atoms. The van der Waals surface area contributed by atoms with Crippen LogP contribution in [0.3, 0.4) is 0 Å². The fourth-order valence-electron chi connectivity index (χ4n) is 3.64. The summed E-state index contributed by atoms with van der Waals surface area (Å²) in [6, 6.07) is 7.90. The highest BCUT2D eigenvalue weighted by Gasteiger charge is 2.27. The topological polar surface area (TPSA) is 77.4 Å². The largest absolute Gasteiger partial charge is 0.507 e. The van der Waals surface area contributed by atoms with Crippen molar-refractivity contribution in [1.82, 2.24) is 0 Å². The molecule has 0 saturated carbocycles. The first-order valence-electron chi connectivity index (χ1n) is 10.5. The van der Waals surface area contributed by atoms with Crippen LogP contribution in [-0.2, 0) is 50.8 Å². The van der Waals surface area contributed by atoms with E-state index < -0.39 is 5.41 Å². The molecule has 0 fully saturated rings. The molecule has 2 rings (SSSR count). The lowest BCUT2D eigenvalue weighted by atomic mass is 9.76. The number of phenols is 2. The summed E-state index contributed by atoms with van der Waals surface area (Å²) in [5.74, 6) is 0.408. The molecular weight excluding hydrogens is 396 g/mol. The molecule has 0 aromatic heterocycles. The third kappa shape index (κ3) is 5.98. The average Bonchev–Trinajstić information content (AvgIpc) is 2.73. The van der Waals surface area contributed by atoms with Gasteiger partial charge in [-0.1, -0.05) is 20.8 Å². The van der Waals surface area contributed by atoms with Crippen molar-refractivity contribution in [2.24, 2.45) is 0 Å². The van der Waals surface area contributed by atoms with Crippen LogP contribution in [0.5, 0.6) is 11.5 Å². The van der Waals surface area contributed by atoms with E-state index in [-0.39, 0.29) is 11.5 Å². The molecule has 0 radical (unpaired) electrons. The van der Waals surface area contributed by atoms with Crippen molar-refractivity contribution in [1.29, 1.82) is 0 Å². The van der Waals surface area contributed by atoms with Crippen LogP contribution in [0.15, 0.2) is 24.3 Å². The molecule has 0 atom stereocenters. The second-order valence-corrected chi connectivity index (χ2v) is 8.26. The van der Waals surface area contributed by atoms with Crippen molar-refractivity contribution in [2.45, 2.75) is 59.0 Å². The average molecular weight is 433 g/mol. The maximum Gasteiger partial charge on any atom is 0.126 e. The van der Waals surface area contributed by atoms with E-state index in [0.717, 1.165) is 28.7 Å². The Morgan fingerprint density at radius 2 is 1.03 bits per heavy atom. The molecule has 31 heavy (non-hydrogen) atoms. The minimum Gasteiger partial charge on any atom is -0.507 e. The molecule has 0 saturated heterocycles. The molecule has 0 unspecified atom stereocenters. The summed E-state index contributed by atoms with van der Waals surface area (Å²) in [5, 5.41) is 21.3. The zero-order valence-corrected chi connectivity index (χ0v) is 19.6. The lowest BCUT2D eigenvalue weighted by molar-refractivity contribution is 0.119. The summed E-state index contributed by atoms with van der Waals surface area (Å²) in [6.07, 6.45) is 0.912. The number of benzene rings is 2. The van der Waals surface area contributed by atoms with Crippen LogP contribution < -0.4 is 0 Å². The van der Waals surface area contributed by atoms with Gasteiger partial charge in [-0.25, -0.2) is 0 Å². The Morgan fingerprint density at radius 1 is 0.677 bits per heavy atom. The summed E-state index contributed by atoms with van der Waals surface area (Å²) < 4.78 is 21.6. The number of phenolic OH excluding ortho intramolecular Hbond substituents is 2. The highest BCUT2D eigenvalue weighted by Crippen LogP contribution is 2.39. The van der Waals surface area contributed by atoms with Gasteiger partial charge in [-0.2, -0.15) is 0 Å². The van der Waals surface area contributed by atoms with E-state index in [1.807, 2.05) is 24.3 Å². The molecule has 0 aliphatic rings. The van der Waals surface area contributed by atoms with Gasteiger partial charge in [0.2, 0.25) is 0 Å². The Bertz CT molecular complexity index is 832. The fraction of sp³-hybridized carbons (Fsp3) is 0.520. The lowest BCUT2D eigenvalue weighted by Crippen LogP contribution is -2.21. The van der Waals surface area contributed by atoms with Crippen molar-refractivity contribution in [3.63, 3.8) is 0 Å². The Labute approximate surface area is 185 Å². The van der Waals surface area contributed by atoms with Crippen LogP contribution in [0.1, 0.15) is 60.6 Å². The van der Waals surface area contributed by atoms with Gasteiger partial charge in [0.25, 0.3) is 0 Å². The van der Waals surface area contributed by atoms with Crippen LogP contribution in [0, 0.1) is 0 Å². The molecule has 0 spiro atoms. The lowest BCUT2D eigenvalue weighted by Gasteiger charge is -2.29. The Balaban J connectivity index is 2.59. The Morgan fingerprint density at radius 3 is 1.35 bits per heavy atom. The number of aromatic hydroxyl groups is 2. The predicted molar refractivity (Wildman–Crippen MR) is 120 cm³/mol. The summed E-state index contributed by atoms with van der Waals surface area (Å²) in [6.45, 7) is 8.15. The maximum atomic E-state index is 10.7. The van der Waals surface area contributed by atoms with Gasteiger partial charge in [0.15, 0.2) is 0 Å². The molecule has 0 aliphatic carbocycles. The van der Waals surface area contributed by atoms with Gasteiger partial charge >= 0.3 is 0 Å². The molecule has 2 aromatic rings. The first-order chi connectivity index (χ1) is 14.8. The third-order valence-corrected chi connectivity index (χ3v) is 5.48. The predicted octanol–water partition coefficient (Wildman–Crippen LogP) is 4.79. The van der Waals surface area contributed by atoms with Crippen LogP contribution in [0.4, 0.5) is 0 Å². The van der Waals surface area contributed by atoms with E-state index in [1.54, 1.807) is 21.3 Å². The SMILES string of the molecule is CCCOCc1cc(C(C)(C)c2cc(COC)c(O)c(COC)c2)cc(COC)c1O. The first kappa shape index (κ1) is 25.1. The van der Waals surface area contributed by atoms with E-state index in [9.17, 15) is 10.2 Å². The summed E-state index contributed by atoms with van der Waals surface area (Å²) in [7, 11) is 4.82. The van der Waals surface area contributed by atoms with E-state index in [4.69, 9.17) is 18.9 Å². The smallest absolute Gasteiger partial charge is 0.126 e. The molecule has 0 amide bonds. The zero-order valence-electron chi connectivity index (χ0n) is 19.6. The Kier molecular flexibility index (Phi) is 9.32. The van der Waals surface area contributed by atoms with Crippen molar-refractivity contribution in [2.75, 3.05) is 27.9 Å². The van der Waals surface area contributed by atoms with E-state index >= 15 is 0 Å². The van der Waals surface area contributed by atoms with Gasteiger partial charge in [0.05, 0.1) is 26.4 Å². The third-order valence-electron chi connectivity index (χ3n) is 5.48. The minimum atomic E-state index is -0.422. The van der Waals surface area contributed by atoms with Gasteiger partial charge < -0.3 is 29.2 Å². The highest BCUT2D eigenvalue weighted by molar-refractivity contribution is 5.52. The second kappa shape index (κ2) is 11.5. The summed E-state index contributed by atoms with van der Waals surface area (Å²) in [5.41, 5.74) is 4.48. The van der Waals surface area contributed by atoms with Crippen LogP contribution >= 0.6 is 0 Å². The summed E-state index contributed by atoms with van der Waals surface area (Å²) >= 11 is 0. The van der Waals surface area contributed by atoms with E-state index in [2.05, 4.69) is 20.8 Å². The van der Waals surface area contributed by atoms with Crippen molar-refractivity contribution >= 4 is 0 Å². The van der Waals surface area contributed by atoms with Crippen molar-refractivity contribution < 1.29 is 29.2 Å². The molecule has 2 aromatic carbocycles. The van der Waals surface area contributed by atoms with E-state index in [0.29, 0.717) is 44.2 Å². The monoisotopic (exact) mass is 432 g/mol.